The molecule has 7 nitrogen and oxygen atoms in total. The third-order valence-electron chi connectivity index (χ3n) is 9.17. The van der Waals surface area contributed by atoms with Gasteiger partial charge in [-0.1, -0.05) is 48.3 Å². The summed E-state index contributed by atoms with van der Waals surface area (Å²) < 4.78 is 2.04. The van der Waals surface area contributed by atoms with Gasteiger partial charge in [0.05, 0.1) is 22.4 Å². The molecule has 9 heteroatoms. The molecule has 1 atom stereocenters. The first kappa shape index (κ1) is 30.6. The fourth-order valence-electron chi connectivity index (χ4n) is 6.67. The number of piperidine rings is 1. The SMILES string of the molecule is CCC(c1cccc(Cl)c1)N1CCn2cc(-c3nc(Nc4ccc(C5CCN(C(C)C)CC5)cc4Cl)ncc3C)cc2C1=O. The molecule has 230 valence electrons. The van der Waals surface area contributed by atoms with Crippen molar-refractivity contribution in [1.82, 2.24) is 24.3 Å². The van der Waals surface area contributed by atoms with Crippen molar-refractivity contribution in [2.24, 2.45) is 0 Å². The van der Waals surface area contributed by atoms with Crippen LogP contribution in [0.1, 0.15) is 79.2 Å². The minimum Gasteiger partial charge on any atom is -0.341 e. The van der Waals surface area contributed by atoms with Crippen LogP contribution in [-0.2, 0) is 6.54 Å². The topological polar surface area (TPSA) is 66.3 Å². The van der Waals surface area contributed by atoms with E-state index in [9.17, 15) is 4.79 Å². The van der Waals surface area contributed by atoms with Crippen molar-refractivity contribution in [3.63, 3.8) is 0 Å². The lowest BCUT2D eigenvalue weighted by molar-refractivity contribution is 0.0610. The lowest BCUT2D eigenvalue weighted by Gasteiger charge is -2.35. The van der Waals surface area contributed by atoms with E-state index in [1.807, 2.05) is 65.2 Å². The van der Waals surface area contributed by atoms with Crippen LogP contribution >= 0.6 is 23.2 Å². The Morgan fingerprint density at radius 1 is 1.02 bits per heavy atom. The maximum absolute atomic E-state index is 13.7. The molecule has 0 radical (unpaired) electrons. The average Bonchev–Trinajstić information content (AvgIpc) is 3.46. The Hall–Kier alpha value is -3.39. The lowest BCUT2D eigenvalue weighted by Crippen LogP contribution is -2.42. The smallest absolute Gasteiger partial charge is 0.271 e. The summed E-state index contributed by atoms with van der Waals surface area (Å²) in [4.78, 5) is 27.7. The Morgan fingerprint density at radius 3 is 2.52 bits per heavy atom. The second-order valence-corrected chi connectivity index (χ2v) is 13.1. The summed E-state index contributed by atoms with van der Waals surface area (Å²) >= 11 is 13.1. The molecule has 4 aromatic rings. The van der Waals surface area contributed by atoms with E-state index in [-0.39, 0.29) is 11.9 Å². The zero-order valence-electron chi connectivity index (χ0n) is 25.9. The molecule has 0 bridgehead atoms. The van der Waals surface area contributed by atoms with Crippen LogP contribution in [0.15, 0.2) is 60.9 Å². The number of nitrogens with one attached hydrogen (secondary N) is 1. The van der Waals surface area contributed by atoms with E-state index in [4.69, 9.17) is 28.2 Å². The highest BCUT2D eigenvalue weighted by Crippen LogP contribution is 2.35. The van der Waals surface area contributed by atoms with E-state index in [1.54, 1.807) is 0 Å². The first-order chi connectivity index (χ1) is 21.2. The van der Waals surface area contributed by atoms with Gasteiger partial charge in [0, 0.05) is 42.1 Å². The number of carbonyl (C=O) groups excluding carboxylic acids is 1. The van der Waals surface area contributed by atoms with E-state index in [1.165, 1.54) is 5.56 Å². The molecule has 2 aromatic carbocycles. The molecular formula is C35H40Cl2N6O. The van der Waals surface area contributed by atoms with Crippen LogP contribution in [-0.4, -0.2) is 55.9 Å². The summed E-state index contributed by atoms with van der Waals surface area (Å²) in [6.07, 6.45) is 6.93. The number of hydrogen-bond acceptors (Lipinski definition) is 5. The van der Waals surface area contributed by atoms with Gasteiger partial charge in [-0.25, -0.2) is 9.97 Å². The van der Waals surface area contributed by atoms with Crippen LogP contribution in [0.5, 0.6) is 0 Å². The number of fused-ring (bicyclic) bond motifs is 1. The largest absolute Gasteiger partial charge is 0.341 e. The molecule has 1 saturated heterocycles. The van der Waals surface area contributed by atoms with Gasteiger partial charge >= 0.3 is 0 Å². The molecular weight excluding hydrogens is 591 g/mol. The average molecular weight is 632 g/mol. The minimum absolute atomic E-state index is 0.0149. The third-order valence-corrected chi connectivity index (χ3v) is 9.72. The molecule has 0 saturated carbocycles. The predicted octanol–water partition coefficient (Wildman–Crippen LogP) is 8.50. The predicted molar refractivity (Wildman–Crippen MR) is 179 cm³/mol. The number of amides is 1. The highest BCUT2D eigenvalue weighted by Gasteiger charge is 2.31. The highest BCUT2D eigenvalue weighted by atomic mass is 35.5. The van der Waals surface area contributed by atoms with E-state index >= 15 is 0 Å². The number of rotatable bonds is 8. The van der Waals surface area contributed by atoms with Crippen molar-refractivity contribution in [2.45, 2.75) is 71.5 Å². The first-order valence-electron chi connectivity index (χ1n) is 15.6. The van der Waals surface area contributed by atoms with E-state index in [2.05, 4.69) is 48.1 Å². The molecule has 1 unspecified atom stereocenters. The van der Waals surface area contributed by atoms with Crippen LogP contribution in [0.3, 0.4) is 0 Å². The lowest BCUT2D eigenvalue weighted by atomic mass is 9.89. The van der Waals surface area contributed by atoms with Gasteiger partial charge in [0.1, 0.15) is 5.69 Å². The van der Waals surface area contributed by atoms with Crippen molar-refractivity contribution in [3.05, 3.63) is 93.4 Å². The van der Waals surface area contributed by atoms with Gasteiger partial charge < -0.3 is 19.7 Å². The number of aryl methyl sites for hydroxylation is 1. The molecule has 44 heavy (non-hydrogen) atoms. The van der Waals surface area contributed by atoms with Gasteiger partial charge in [-0.05, 0) is 106 Å². The van der Waals surface area contributed by atoms with Gasteiger partial charge in [0.2, 0.25) is 5.95 Å². The molecule has 2 aliphatic rings. The molecule has 0 aliphatic carbocycles. The van der Waals surface area contributed by atoms with Crippen LogP contribution in [0.25, 0.3) is 11.3 Å². The number of anilines is 2. The number of benzene rings is 2. The number of aromatic nitrogens is 3. The van der Waals surface area contributed by atoms with E-state index < -0.39 is 0 Å². The Labute approximate surface area is 270 Å². The van der Waals surface area contributed by atoms with Crippen LogP contribution in [0.4, 0.5) is 11.6 Å². The van der Waals surface area contributed by atoms with Crippen LogP contribution < -0.4 is 5.32 Å². The first-order valence-corrected chi connectivity index (χ1v) is 16.4. The van der Waals surface area contributed by atoms with Crippen molar-refractivity contribution >= 4 is 40.7 Å². The second-order valence-electron chi connectivity index (χ2n) is 12.3. The third kappa shape index (κ3) is 6.23. The molecule has 6 rings (SSSR count). The standard InChI is InChI=1S/C35H40Cl2N6O/c1-5-31(26-7-6-8-28(36)17-26)43-16-15-42-21-27(19-32(42)34(43)44)33-23(4)20-38-35(40-33)39-30-10-9-25(18-29(30)37)24-11-13-41(14-12-24)22(2)3/h6-10,17-22,24,31H,5,11-16H2,1-4H3,(H,38,39,40). The van der Waals surface area contributed by atoms with Gasteiger partial charge in [-0.2, -0.15) is 0 Å². The second kappa shape index (κ2) is 12.9. The summed E-state index contributed by atoms with van der Waals surface area (Å²) in [6, 6.07) is 16.6. The number of nitrogens with zero attached hydrogens (tertiary/aromatic N) is 5. The molecule has 1 fully saturated rings. The Bertz CT molecular complexity index is 1660. The Kier molecular flexibility index (Phi) is 8.99. The van der Waals surface area contributed by atoms with Gasteiger partial charge in [0.15, 0.2) is 0 Å². The number of likely N-dealkylation sites (tertiary alicyclic amines) is 1. The molecule has 0 spiro atoms. The minimum atomic E-state index is -0.0335. The fraction of sp³-hybridized carbons (Fsp3) is 0.400. The summed E-state index contributed by atoms with van der Waals surface area (Å²) in [6.45, 7) is 12.2. The highest BCUT2D eigenvalue weighted by molar-refractivity contribution is 6.33. The van der Waals surface area contributed by atoms with E-state index in [0.717, 1.165) is 60.4 Å². The monoisotopic (exact) mass is 630 g/mol. The molecule has 4 heterocycles. The summed E-state index contributed by atoms with van der Waals surface area (Å²) in [7, 11) is 0. The maximum Gasteiger partial charge on any atom is 0.271 e. The Balaban J connectivity index is 1.20. The van der Waals surface area contributed by atoms with E-state index in [0.29, 0.717) is 46.7 Å². The van der Waals surface area contributed by atoms with Gasteiger partial charge in [-0.15, -0.1) is 0 Å². The van der Waals surface area contributed by atoms with Crippen molar-refractivity contribution in [1.29, 1.82) is 0 Å². The van der Waals surface area contributed by atoms with Crippen LogP contribution in [0, 0.1) is 6.92 Å². The molecule has 2 aromatic heterocycles. The van der Waals surface area contributed by atoms with Crippen molar-refractivity contribution in [2.75, 3.05) is 25.0 Å². The Morgan fingerprint density at radius 2 is 1.82 bits per heavy atom. The molecule has 2 aliphatic heterocycles. The quantitative estimate of drug-likeness (QED) is 0.211. The molecule has 1 amide bonds. The molecule has 1 N–H and O–H groups in total. The number of carbonyl (C=O) groups is 1. The number of hydrogen-bond donors (Lipinski definition) is 1. The summed E-state index contributed by atoms with van der Waals surface area (Å²) in [5.41, 5.74) is 6.39. The van der Waals surface area contributed by atoms with Crippen molar-refractivity contribution < 1.29 is 4.79 Å². The number of halogens is 2. The summed E-state index contributed by atoms with van der Waals surface area (Å²) in [5.74, 6) is 1.01. The summed E-state index contributed by atoms with van der Waals surface area (Å²) in [5, 5.41) is 4.67. The van der Waals surface area contributed by atoms with Crippen molar-refractivity contribution in [3.8, 4) is 11.3 Å². The zero-order chi connectivity index (χ0) is 31.0. The zero-order valence-corrected chi connectivity index (χ0v) is 27.4. The van der Waals surface area contributed by atoms with Gasteiger partial charge in [0.25, 0.3) is 5.91 Å². The maximum atomic E-state index is 13.7. The van der Waals surface area contributed by atoms with Crippen LogP contribution in [0.2, 0.25) is 10.0 Å². The fourth-order valence-corrected chi connectivity index (χ4v) is 7.10. The van der Waals surface area contributed by atoms with Gasteiger partial charge in [-0.3, -0.25) is 4.79 Å². The normalized spacial score (nSPS) is 16.8.